The van der Waals surface area contributed by atoms with Crippen molar-refractivity contribution in [2.45, 2.75) is 6.54 Å². The Hall–Kier alpha value is -1.63. The molecule has 0 saturated carbocycles. The van der Waals surface area contributed by atoms with Crippen LogP contribution in [0.4, 0.5) is 4.39 Å². The van der Waals surface area contributed by atoms with E-state index in [4.69, 9.17) is 21.6 Å². The van der Waals surface area contributed by atoms with Crippen LogP contribution in [0.1, 0.15) is 5.56 Å². The first-order valence-corrected chi connectivity index (χ1v) is 5.85. The van der Waals surface area contributed by atoms with Gasteiger partial charge in [-0.2, -0.15) is 0 Å². The molecule has 1 heterocycles. The van der Waals surface area contributed by atoms with Crippen molar-refractivity contribution in [3.8, 4) is 0 Å². The van der Waals surface area contributed by atoms with E-state index in [0.717, 1.165) is 6.07 Å². The third kappa shape index (κ3) is 3.23. The fourth-order valence-corrected chi connectivity index (χ4v) is 1.86. The van der Waals surface area contributed by atoms with Gasteiger partial charge >= 0.3 is 7.12 Å². The molecule has 1 aromatic heterocycles. The predicted molar refractivity (Wildman–Crippen MR) is 71.0 cm³/mol. The smallest absolute Gasteiger partial charge is 0.423 e. The Bertz CT molecular complexity index is 660. The van der Waals surface area contributed by atoms with Crippen LogP contribution in [0, 0.1) is 5.82 Å². The van der Waals surface area contributed by atoms with E-state index in [2.05, 4.69) is 0 Å². The van der Waals surface area contributed by atoms with Crippen LogP contribution in [0.15, 0.2) is 41.3 Å². The van der Waals surface area contributed by atoms with E-state index in [0.29, 0.717) is 5.02 Å². The van der Waals surface area contributed by atoms with Crippen LogP contribution in [0.2, 0.25) is 5.02 Å². The lowest BCUT2D eigenvalue weighted by atomic mass is 9.81. The first kappa shape index (κ1) is 13.8. The molecule has 0 spiro atoms. The van der Waals surface area contributed by atoms with Gasteiger partial charge in [0.2, 0.25) is 5.56 Å². The molecule has 1 aromatic carbocycles. The minimum absolute atomic E-state index is 0.0209. The van der Waals surface area contributed by atoms with Crippen LogP contribution in [0.3, 0.4) is 0 Å². The number of aromatic nitrogens is 1. The van der Waals surface area contributed by atoms with Crippen molar-refractivity contribution in [2.24, 2.45) is 0 Å². The lowest BCUT2D eigenvalue weighted by molar-refractivity contribution is 0.425. The lowest BCUT2D eigenvalue weighted by Crippen LogP contribution is -2.35. The molecule has 98 valence electrons. The molecule has 2 N–H and O–H groups in total. The maximum absolute atomic E-state index is 13.5. The van der Waals surface area contributed by atoms with Crippen LogP contribution in [-0.2, 0) is 6.54 Å². The van der Waals surface area contributed by atoms with Crippen LogP contribution >= 0.6 is 11.6 Å². The quantitative estimate of drug-likeness (QED) is 0.799. The summed E-state index contributed by atoms with van der Waals surface area (Å²) in [4.78, 5) is 11.7. The summed E-state index contributed by atoms with van der Waals surface area (Å²) < 4.78 is 14.8. The maximum atomic E-state index is 13.5. The van der Waals surface area contributed by atoms with Crippen LogP contribution in [-0.4, -0.2) is 21.7 Å². The molecule has 4 nitrogen and oxygen atoms in total. The van der Waals surface area contributed by atoms with Crippen molar-refractivity contribution >= 4 is 24.2 Å². The largest absolute Gasteiger partial charge is 0.488 e. The second kappa shape index (κ2) is 5.56. The number of hydrogen-bond donors (Lipinski definition) is 2. The highest BCUT2D eigenvalue weighted by Crippen LogP contribution is 2.15. The fourth-order valence-electron chi connectivity index (χ4n) is 1.66. The predicted octanol–water partition coefficient (Wildman–Crippen LogP) is 0.369. The van der Waals surface area contributed by atoms with Crippen molar-refractivity contribution in [3.05, 3.63) is 63.3 Å². The van der Waals surface area contributed by atoms with E-state index in [9.17, 15) is 9.18 Å². The monoisotopic (exact) mass is 281 g/mol. The van der Waals surface area contributed by atoms with Gasteiger partial charge in [0.15, 0.2) is 0 Å². The molecule has 2 rings (SSSR count). The van der Waals surface area contributed by atoms with Gasteiger partial charge in [-0.25, -0.2) is 4.39 Å². The molecule has 0 bridgehead atoms. The summed E-state index contributed by atoms with van der Waals surface area (Å²) in [5.74, 6) is -0.456. The number of rotatable bonds is 3. The molecule has 0 aliphatic heterocycles. The van der Waals surface area contributed by atoms with Crippen LogP contribution < -0.4 is 11.0 Å². The SMILES string of the molecule is O=c1cc(B(O)O)ccn1Cc1cc(Cl)ccc1F. The standard InChI is InChI=1S/C12H10BClFNO3/c14-10-1-2-11(15)8(5-10)7-16-4-3-9(13(18)19)6-12(16)17/h1-6,18-19H,7H2. The van der Waals surface area contributed by atoms with E-state index >= 15 is 0 Å². The summed E-state index contributed by atoms with van der Waals surface area (Å²) in [6.07, 6.45) is 1.37. The zero-order chi connectivity index (χ0) is 14.0. The summed E-state index contributed by atoms with van der Waals surface area (Å²) in [6, 6.07) is 6.57. The Morgan fingerprint density at radius 3 is 2.63 bits per heavy atom. The van der Waals surface area contributed by atoms with E-state index in [1.54, 1.807) is 0 Å². The summed E-state index contributed by atoms with van der Waals surface area (Å²) in [5.41, 5.74) is -0.0790. The number of nitrogens with zero attached hydrogens (tertiary/aromatic N) is 1. The zero-order valence-corrected chi connectivity index (χ0v) is 10.5. The molecule has 7 heteroatoms. The highest BCUT2D eigenvalue weighted by Gasteiger charge is 2.12. The minimum Gasteiger partial charge on any atom is -0.423 e. The van der Waals surface area contributed by atoms with E-state index < -0.39 is 18.5 Å². The minimum atomic E-state index is -1.70. The van der Waals surface area contributed by atoms with E-state index in [1.165, 1.54) is 35.0 Å². The van der Waals surface area contributed by atoms with Gasteiger partial charge in [-0.15, -0.1) is 0 Å². The van der Waals surface area contributed by atoms with Crippen molar-refractivity contribution in [1.29, 1.82) is 0 Å². The summed E-state index contributed by atoms with van der Waals surface area (Å²) in [6.45, 7) is 0.0209. The zero-order valence-electron chi connectivity index (χ0n) is 9.75. The Kier molecular flexibility index (Phi) is 4.04. The highest BCUT2D eigenvalue weighted by atomic mass is 35.5. The number of hydrogen-bond acceptors (Lipinski definition) is 3. The molecule has 0 amide bonds. The highest BCUT2D eigenvalue weighted by molar-refractivity contribution is 6.58. The van der Waals surface area contributed by atoms with Gasteiger partial charge in [0.1, 0.15) is 5.82 Å². The Labute approximate surface area is 113 Å². The first-order chi connectivity index (χ1) is 8.97. The fraction of sp³-hybridized carbons (Fsp3) is 0.0833. The van der Waals surface area contributed by atoms with Crippen molar-refractivity contribution < 1.29 is 14.4 Å². The Morgan fingerprint density at radius 2 is 2.00 bits per heavy atom. The van der Waals surface area contributed by atoms with Crippen molar-refractivity contribution in [1.82, 2.24) is 4.57 Å². The topological polar surface area (TPSA) is 62.5 Å². The Balaban J connectivity index is 2.34. The van der Waals surface area contributed by atoms with Gasteiger partial charge in [-0.05, 0) is 29.7 Å². The second-order valence-electron chi connectivity index (χ2n) is 4.04. The molecular formula is C12H10BClFNO3. The van der Waals surface area contributed by atoms with Gasteiger partial charge in [0, 0.05) is 22.8 Å². The first-order valence-electron chi connectivity index (χ1n) is 5.48. The summed E-state index contributed by atoms with van der Waals surface area (Å²) >= 11 is 5.77. The third-order valence-electron chi connectivity index (χ3n) is 2.67. The second-order valence-corrected chi connectivity index (χ2v) is 4.47. The average molecular weight is 281 g/mol. The molecule has 0 saturated heterocycles. The average Bonchev–Trinajstić information content (AvgIpc) is 2.36. The summed E-state index contributed by atoms with van der Waals surface area (Å²) in [5, 5.41) is 18.3. The van der Waals surface area contributed by atoms with E-state index in [-0.39, 0.29) is 17.6 Å². The molecule has 19 heavy (non-hydrogen) atoms. The maximum Gasteiger partial charge on any atom is 0.488 e. The third-order valence-corrected chi connectivity index (χ3v) is 2.90. The van der Waals surface area contributed by atoms with Crippen molar-refractivity contribution in [3.63, 3.8) is 0 Å². The van der Waals surface area contributed by atoms with Gasteiger partial charge in [0.05, 0.1) is 6.54 Å². The Morgan fingerprint density at radius 1 is 1.26 bits per heavy atom. The molecule has 0 radical (unpaired) electrons. The van der Waals surface area contributed by atoms with Gasteiger partial charge < -0.3 is 14.6 Å². The lowest BCUT2D eigenvalue weighted by Gasteiger charge is -2.08. The molecule has 0 aliphatic rings. The molecule has 0 unspecified atom stereocenters. The van der Waals surface area contributed by atoms with Crippen molar-refractivity contribution in [2.75, 3.05) is 0 Å². The van der Waals surface area contributed by atoms with Gasteiger partial charge in [-0.3, -0.25) is 4.79 Å². The number of pyridine rings is 1. The van der Waals surface area contributed by atoms with Gasteiger partial charge in [0.25, 0.3) is 0 Å². The summed E-state index contributed by atoms with van der Waals surface area (Å²) in [7, 11) is -1.70. The molecule has 0 fully saturated rings. The van der Waals surface area contributed by atoms with Crippen LogP contribution in [0.25, 0.3) is 0 Å². The van der Waals surface area contributed by atoms with Crippen LogP contribution in [0.5, 0.6) is 0 Å². The normalized spacial score (nSPS) is 10.5. The van der Waals surface area contributed by atoms with Gasteiger partial charge in [-0.1, -0.05) is 11.6 Å². The molecular weight excluding hydrogens is 271 g/mol. The number of benzene rings is 1. The molecule has 0 aliphatic carbocycles. The molecule has 2 aromatic rings. The molecule has 0 atom stereocenters. The number of halogens is 2. The van der Waals surface area contributed by atoms with E-state index in [1.807, 2.05) is 0 Å².